The van der Waals surface area contributed by atoms with Crippen LogP contribution >= 0.6 is 0 Å². The van der Waals surface area contributed by atoms with Crippen LogP contribution in [0.1, 0.15) is 43.9 Å². The number of rotatable bonds is 1. The van der Waals surface area contributed by atoms with Crippen LogP contribution in [0.5, 0.6) is 0 Å². The van der Waals surface area contributed by atoms with E-state index in [9.17, 15) is 0 Å². The van der Waals surface area contributed by atoms with Gasteiger partial charge in [0.25, 0.3) is 0 Å². The van der Waals surface area contributed by atoms with E-state index in [2.05, 4.69) is 50.4 Å². The molecule has 2 unspecified atom stereocenters. The number of fused-ring (bicyclic) bond motifs is 3. The molecule has 0 aromatic heterocycles. The summed E-state index contributed by atoms with van der Waals surface area (Å²) in [7, 11) is 0. The Kier molecular flexibility index (Phi) is 2.73. The molecule has 2 atom stereocenters. The van der Waals surface area contributed by atoms with E-state index in [4.69, 9.17) is 0 Å². The lowest BCUT2D eigenvalue weighted by Gasteiger charge is -2.33. The van der Waals surface area contributed by atoms with E-state index in [0.29, 0.717) is 5.41 Å². The molecule has 1 heteroatoms. The molecule has 3 rings (SSSR count). The molecule has 1 aliphatic heterocycles. The lowest BCUT2D eigenvalue weighted by molar-refractivity contribution is 0.406. The number of benzene rings is 1. The van der Waals surface area contributed by atoms with Gasteiger partial charge in [-0.2, -0.15) is 0 Å². The lowest BCUT2D eigenvalue weighted by atomic mass is 9.75. The molecular weight excluding hydrogens is 218 g/mol. The molecule has 0 amide bonds. The first-order chi connectivity index (χ1) is 8.61. The van der Waals surface area contributed by atoms with Gasteiger partial charge in [-0.05, 0) is 41.7 Å². The first-order valence-corrected chi connectivity index (χ1v) is 7.19. The maximum absolute atomic E-state index is 3.63. The van der Waals surface area contributed by atoms with Crippen molar-refractivity contribution in [2.45, 2.75) is 40.0 Å². The van der Waals surface area contributed by atoms with Gasteiger partial charge in [0.1, 0.15) is 0 Å². The average Bonchev–Trinajstić information content (AvgIpc) is 2.38. The van der Waals surface area contributed by atoms with Crippen LogP contribution in [-0.4, -0.2) is 6.54 Å². The molecule has 18 heavy (non-hydrogen) atoms. The standard InChI is InChI=1S/C17H23N/c1-4-17(3)8-7-15-14(10-17)6-5-13-9-12(2)11-18-16(13)15/h5-8,12,18H,4,9-11H2,1-3H3. The van der Waals surface area contributed by atoms with Gasteiger partial charge < -0.3 is 5.32 Å². The Morgan fingerprint density at radius 2 is 2.11 bits per heavy atom. The smallest absolute Gasteiger partial charge is 0.0449 e. The van der Waals surface area contributed by atoms with Crippen LogP contribution in [0.15, 0.2) is 18.2 Å². The second kappa shape index (κ2) is 4.15. The van der Waals surface area contributed by atoms with Gasteiger partial charge in [0.2, 0.25) is 0 Å². The van der Waals surface area contributed by atoms with Gasteiger partial charge in [0.15, 0.2) is 0 Å². The zero-order chi connectivity index (χ0) is 12.8. The molecule has 0 fully saturated rings. The largest absolute Gasteiger partial charge is 0.384 e. The molecule has 0 spiro atoms. The maximum Gasteiger partial charge on any atom is 0.0449 e. The number of anilines is 1. The molecule has 0 saturated heterocycles. The van der Waals surface area contributed by atoms with Crippen LogP contribution in [0.25, 0.3) is 6.08 Å². The van der Waals surface area contributed by atoms with Crippen molar-refractivity contribution < 1.29 is 0 Å². The minimum absolute atomic E-state index is 0.350. The minimum atomic E-state index is 0.350. The monoisotopic (exact) mass is 241 g/mol. The lowest BCUT2D eigenvalue weighted by Crippen LogP contribution is -2.24. The highest BCUT2D eigenvalue weighted by atomic mass is 14.9. The van der Waals surface area contributed by atoms with Gasteiger partial charge >= 0.3 is 0 Å². The predicted molar refractivity (Wildman–Crippen MR) is 78.9 cm³/mol. The summed E-state index contributed by atoms with van der Waals surface area (Å²) in [4.78, 5) is 0. The molecule has 0 bridgehead atoms. The van der Waals surface area contributed by atoms with Gasteiger partial charge in [-0.3, -0.25) is 0 Å². The summed E-state index contributed by atoms with van der Waals surface area (Å²) < 4.78 is 0. The summed E-state index contributed by atoms with van der Waals surface area (Å²) in [5.74, 6) is 0.754. The maximum atomic E-state index is 3.63. The van der Waals surface area contributed by atoms with Gasteiger partial charge in [-0.15, -0.1) is 0 Å². The fraction of sp³-hybridized carbons (Fsp3) is 0.529. The molecule has 0 saturated carbocycles. The van der Waals surface area contributed by atoms with Crippen molar-refractivity contribution in [3.8, 4) is 0 Å². The molecule has 1 aromatic carbocycles. The topological polar surface area (TPSA) is 12.0 Å². The molecule has 2 aliphatic rings. The zero-order valence-corrected chi connectivity index (χ0v) is 11.7. The SMILES string of the molecule is CCC1(C)C=Cc2c(ccc3c2NCC(C)C3)C1. The third kappa shape index (κ3) is 1.86. The predicted octanol–water partition coefficient (Wildman–Crippen LogP) is 4.28. The van der Waals surface area contributed by atoms with E-state index >= 15 is 0 Å². The Morgan fingerprint density at radius 3 is 2.89 bits per heavy atom. The van der Waals surface area contributed by atoms with Crippen LogP contribution in [0.4, 0.5) is 5.69 Å². The van der Waals surface area contributed by atoms with Crippen LogP contribution in [-0.2, 0) is 12.8 Å². The Balaban J connectivity index is 2.04. The van der Waals surface area contributed by atoms with Crippen LogP contribution in [0.3, 0.4) is 0 Å². The summed E-state index contributed by atoms with van der Waals surface area (Å²) in [6.07, 6.45) is 8.37. The Bertz CT molecular complexity index is 501. The molecule has 0 radical (unpaired) electrons. The normalized spacial score (nSPS) is 29.4. The number of hydrogen-bond donors (Lipinski definition) is 1. The first kappa shape index (κ1) is 11.8. The molecule has 1 aromatic rings. The van der Waals surface area contributed by atoms with Crippen LogP contribution in [0.2, 0.25) is 0 Å². The summed E-state index contributed by atoms with van der Waals surface area (Å²) >= 11 is 0. The molecule has 1 N–H and O–H groups in total. The fourth-order valence-electron chi connectivity index (χ4n) is 3.18. The Morgan fingerprint density at radius 1 is 1.33 bits per heavy atom. The first-order valence-electron chi connectivity index (χ1n) is 7.19. The second-order valence-electron chi connectivity index (χ2n) is 6.38. The summed E-state index contributed by atoms with van der Waals surface area (Å²) in [6, 6.07) is 4.69. The third-order valence-corrected chi connectivity index (χ3v) is 4.67. The third-order valence-electron chi connectivity index (χ3n) is 4.67. The highest BCUT2D eigenvalue weighted by molar-refractivity contribution is 5.75. The number of nitrogens with one attached hydrogen (secondary N) is 1. The Hall–Kier alpha value is -1.24. The molecule has 96 valence electrons. The van der Waals surface area contributed by atoms with Gasteiger partial charge in [0, 0.05) is 17.8 Å². The van der Waals surface area contributed by atoms with E-state index in [1.54, 1.807) is 0 Å². The summed E-state index contributed by atoms with van der Waals surface area (Å²) in [6.45, 7) is 8.08. The Labute approximate surface area is 110 Å². The van der Waals surface area contributed by atoms with Crippen molar-refractivity contribution in [1.82, 2.24) is 0 Å². The highest BCUT2D eigenvalue weighted by Gasteiger charge is 2.27. The van der Waals surface area contributed by atoms with Crippen LogP contribution < -0.4 is 5.32 Å². The minimum Gasteiger partial charge on any atom is -0.384 e. The van der Waals surface area contributed by atoms with Crippen LogP contribution in [0, 0.1) is 11.3 Å². The van der Waals surface area contributed by atoms with E-state index in [-0.39, 0.29) is 0 Å². The van der Waals surface area contributed by atoms with Crippen molar-refractivity contribution in [2.75, 3.05) is 11.9 Å². The van der Waals surface area contributed by atoms with Crippen molar-refractivity contribution in [2.24, 2.45) is 11.3 Å². The molecule has 1 heterocycles. The van der Waals surface area contributed by atoms with Gasteiger partial charge in [-0.1, -0.05) is 45.1 Å². The fourth-order valence-corrected chi connectivity index (χ4v) is 3.18. The number of allylic oxidation sites excluding steroid dienone is 1. The average molecular weight is 241 g/mol. The van der Waals surface area contributed by atoms with E-state index < -0.39 is 0 Å². The van der Waals surface area contributed by atoms with E-state index in [0.717, 1.165) is 12.5 Å². The van der Waals surface area contributed by atoms with E-state index in [1.807, 2.05) is 0 Å². The van der Waals surface area contributed by atoms with Crippen molar-refractivity contribution in [3.63, 3.8) is 0 Å². The molecule has 1 nitrogen and oxygen atoms in total. The highest BCUT2D eigenvalue weighted by Crippen LogP contribution is 2.40. The molecule has 1 aliphatic carbocycles. The summed E-state index contributed by atoms with van der Waals surface area (Å²) in [5, 5.41) is 3.63. The van der Waals surface area contributed by atoms with Crippen molar-refractivity contribution in [1.29, 1.82) is 0 Å². The number of hydrogen-bond acceptors (Lipinski definition) is 1. The van der Waals surface area contributed by atoms with E-state index in [1.165, 1.54) is 41.6 Å². The van der Waals surface area contributed by atoms with Gasteiger partial charge in [0.05, 0.1) is 0 Å². The zero-order valence-electron chi connectivity index (χ0n) is 11.7. The molecular formula is C17H23N. The summed E-state index contributed by atoms with van der Waals surface area (Å²) in [5.41, 5.74) is 6.22. The van der Waals surface area contributed by atoms with Crippen molar-refractivity contribution in [3.05, 3.63) is 34.9 Å². The second-order valence-corrected chi connectivity index (χ2v) is 6.38. The van der Waals surface area contributed by atoms with Crippen molar-refractivity contribution >= 4 is 11.8 Å². The quantitative estimate of drug-likeness (QED) is 0.774. The van der Waals surface area contributed by atoms with Gasteiger partial charge in [-0.25, -0.2) is 0 Å².